The highest BCUT2D eigenvalue weighted by Gasteiger charge is 2.39. The Balaban J connectivity index is 2.25. The molecule has 0 aliphatic carbocycles. The molecule has 0 spiro atoms. The first-order valence-electron chi connectivity index (χ1n) is 9.93. The molecule has 3 rings (SSSR count). The molecule has 31 heavy (non-hydrogen) atoms. The molecule has 0 aliphatic heterocycles. The Hall–Kier alpha value is -3.16. The highest BCUT2D eigenvalue weighted by Crippen LogP contribution is 2.29. The van der Waals surface area contributed by atoms with E-state index in [2.05, 4.69) is 10.3 Å². The van der Waals surface area contributed by atoms with Gasteiger partial charge in [0.1, 0.15) is 6.04 Å². The summed E-state index contributed by atoms with van der Waals surface area (Å²) in [6.45, 7) is 8.85. The third-order valence-electron chi connectivity index (χ3n) is 5.50. The van der Waals surface area contributed by atoms with E-state index in [1.807, 2.05) is 32.0 Å². The smallest absolute Gasteiger partial charge is 0.324 e. The summed E-state index contributed by atoms with van der Waals surface area (Å²) in [7, 11) is 0. The number of rotatable bonds is 4. The first-order chi connectivity index (χ1) is 14.5. The Labute approximate surface area is 177 Å². The van der Waals surface area contributed by atoms with Crippen LogP contribution < -0.4 is 10.9 Å². The number of para-hydroxylation sites is 1. The van der Waals surface area contributed by atoms with E-state index < -0.39 is 29.4 Å². The molecule has 2 aromatic carbocycles. The molecule has 1 atom stereocenters. The number of carbonyl (C=O) groups is 1. The van der Waals surface area contributed by atoms with Crippen LogP contribution in [0.4, 0.5) is 18.9 Å². The highest BCUT2D eigenvalue weighted by molar-refractivity contribution is 5.96. The lowest BCUT2D eigenvalue weighted by Crippen LogP contribution is -2.37. The first kappa shape index (κ1) is 22.5. The number of nitrogens with zero attached hydrogens (tertiary/aromatic N) is 2. The molecule has 1 aromatic heterocycles. The lowest BCUT2D eigenvalue weighted by molar-refractivity contribution is -0.142. The first-order valence-corrected chi connectivity index (χ1v) is 9.93. The van der Waals surface area contributed by atoms with Crippen LogP contribution in [0, 0.1) is 27.7 Å². The maximum Gasteiger partial charge on any atom is 0.438 e. The van der Waals surface area contributed by atoms with Crippen molar-refractivity contribution in [2.75, 3.05) is 5.32 Å². The SMILES string of the molecule is CC[C@@H](C(=O)Nc1c(C)cccc1C)n1c(=O)c(C(F)(F)F)nc2cc(C)c(C)cc21. The van der Waals surface area contributed by atoms with Gasteiger partial charge >= 0.3 is 6.18 Å². The molecule has 5 nitrogen and oxygen atoms in total. The van der Waals surface area contributed by atoms with Crippen molar-refractivity contribution in [1.29, 1.82) is 0 Å². The number of aryl methyl sites for hydroxylation is 4. The molecule has 0 aliphatic rings. The van der Waals surface area contributed by atoms with Gasteiger partial charge in [0.25, 0.3) is 5.56 Å². The summed E-state index contributed by atoms with van der Waals surface area (Å²) in [6.07, 6.45) is -4.81. The van der Waals surface area contributed by atoms with E-state index in [-0.39, 0.29) is 17.5 Å². The topological polar surface area (TPSA) is 64.0 Å². The zero-order valence-corrected chi connectivity index (χ0v) is 18.0. The van der Waals surface area contributed by atoms with Gasteiger partial charge in [-0.15, -0.1) is 0 Å². The molecule has 0 bridgehead atoms. The molecule has 1 heterocycles. The van der Waals surface area contributed by atoms with Crippen LogP contribution in [0.25, 0.3) is 11.0 Å². The number of anilines is 1. The summed E-state index contributed by atoms with van der Waals surface area (Å²) < 4.78 is 41.7. The van der Waals surface area contributed by atoms with E-state index in [9.17, 15) is 22.8 Å². The summed E-state index contributed by atoms with van der Waals surface area (Å²) in [5, 5.41) is 2.80. The number of hydrogen-bond donors (Lipinski definition) is 1. The number of halogens is 3. The van der Waals surface area contributed by atoms with E-state index in [0.29, 0.717) is 5.69 Å². The summed E-state index contributed by atoms with van der Waals surface area (Å²) in [5.74, 6) is -0.555. The van der Waals surface area contributed by atoms with Crippen molar-refractivity contribution in [2.45, 2.75) is 53.3 Å². The molecule has 0 radical (unpaired) electrons. The zero-order chi connectivity index (χ0) is 23.1. The Morgan fingerprint density at radius 2 is 1.65 bits per heavy atom. The zero-order valence-electron chi connectivity index (χ0n) is 18.0. The number of hydrogen-bond acceptors (Lipinski definition) is 3. The van der Waals surface area contributed by atoms with Crippen LogP contribution in [-0.4, -0.2) is 15.5 Å². The van der Waals surface area contributed by atoms with E-state index >= 15 is 0 Å². The maximum atomic E-state index is 13.6. The molecular formula is C23H24F3N3O2. The van der Waals surface area contributed by atoms with Gasteiger partial charge in [-0.3, -0.25) is 14.2 Å². The minimum atomic E-state index is -4.94. The van der Waals surface area contributed by atoms with Gasteiger partial charge in [0.05, 0.1) is 11.0 Å². The van der Waals surface area contributed by atoms with Crippen molar-refractivity contribution in [3.05, 3.63) is 68.6 Å². The minimum Gasteiger partial charge on any atom is -0.324 e. The largest absolute Gasteiger partial charge is 0.438 e. The molecule has 3 aromatic rings. The van der Waals surface area contributed by atoms with Gasteiger partial charge in [-0.25, -0.2) is 4.98 Å². The summed E-state index contributed by atoms with van der Waals surface area (Å²) in [6, 6.07) is 7.47. The molecule has 164 valence electrons. The second-order valence-electron chi connectivity index (χ2n) is 7.74. The fraction of sp³-hybridized carbons (Fsp3) is 0.348. The van der Waals surface area contributed by atoms with E-state index in [1.54, 1.807) is 26.8 Å². The van der Waals surface area contributed by atoms with Crippen LogP contribution in [0.15, 0.2) is 35.1 Å². The fourth-order valence-corrected chi connectivity index (χ4v) is 3.66. The Kier molecular flexibility index (Phi) is 5.93. The van der Waals surface area contributed by atoms with Crippen molar-refractivity contribution in [2.24, 2.45) is 0 Å². The number of nitrogens with one attached hydrogen (secondary N) is 1. The van der Waals surface area contributed by atoms with Crippen molar-refractivity contribution in [3.8, 4) is 0 Å². The van der Waals surface area contributed by atoms with Crippen molar-refractivity contribution >= 4 is 22.6 Å². The number of benzene rings is 2. The number of fused-ring (bicyclic) bond motifs is 1. The Morgan fingerprint density at radius 3 is 2.19 bits per heavy atom. The lowest BCUT2D eigenvalue weighted by atomic mass is 10.1. The molecule has 1 N–H and O–H groups in total. The molecular weight excluding hydrogens is 407 g/mol. The average molecular weight is 431 g/mol. The van der Waals surface area contributed by atoms with E-state index in [0.717, 1.165) is 26.8 Å². The van der Waals surface area contributed by atoms with Gasteiger partial charge in [0.15, 0.2) is 0 Å². The van der Waals surface area contributed by atoms with Crippen molar-refractivity contribution in [3.63, 3.8) is 0 Å². The van der Waals surface area contributed by atoms with Crippen molar-refractivity contribution < 1.29 is 18.0 Å². The second-order valence-corrected chi connectivity index (χ2v) is 7.74. The highest BCUT2D eigenvalue weighted by atomic mass is 19.4. The lowest BCUT2D eigenvalue weighted by Gasteiger charge is -2.23. The van der Waals surface area contributed by atoms with Crippen LogP contribution in [0.2, 0.25) is 0 Å². The molecule has 0 fully saturated rings. The monoisotopic (exact) mass is 431 g/mol. The van der Waals surface area contributed by atoms with Gasteiger partial charge in [-0.05, 0) is 68.5 Å². The Morgan fingerprint density at radius 1 is 1.06 bits per heavy atom. The summed E-state index contributed by atoms with van der Waals surface area (Å²) in [5.41, 5.74) is 1.11. The maximum absolute atomic E-state index is 13.6. The second kappa shape index (κ2) is 8.17. The van der Waals surface area contributed by atoms with Crippen LogP contribution >= 0.6 is 0 Å². The van der Waals surface area contributed by atoms with Gasteiger partial charge < -0.3 is 5.32 Å². The van der Waals surface area contributed by atoms with Gasteiger partial charge in [0, 0.05) is 5.69 Å². The summed E-state index contributed by atoms with van der Waals surface area (Å²) in [4.78, 5) is 29.7. The van der Waals surface area contributed by atoms with E-state index in [4.69, 9.17) is 0 Å². The Bertz CT molecular complexity index is 1210. The number of aromatic nitrogens is 2. The van der Waals surface area contributed by atoms with Gasteiger partial charge in [0.2, 0.25) is 11.6 Å². The third kappa shape index (κ3) is 4.19. The number of alkyl halides is 3. The number of amides is 1. The molecule has 8 heteroatoms. The van der Waals surface area contributed by atoms with Crippen LogP contribution in [0.1, 0.15) is 47.3 Å². The summed E-state index contributed by atoms with van der Waals surface area (Å²) >= 11 is 0. The fourth-order valence-electron chi connectivity index (χ4n) is 3.66. The minimum absolute atomic E-state index is 0.0216. The average Bonchev–Trinajstić information content (AvgIpc) is 2.67. The molecule has 1 amide bonds. The molecule has 0 unspecified atom stereocenters. The normalized spacial score (nSPS) is 12.8. The molecule has 0 saturated heterocycles. The van der Waals surface area contributed by atoms with Gasteiger partial charge in [-0.2, -0.15) is 13.2 Å². The van der Waals surface area contributed by atoms with E-state index in [1.165, 1.54) is 6.07 Å². The quantitative estimate of drug-likeness (QED) is 0.615. The third-order valence-corrected chi connectivity index (χ3v) is 5.50. The van der Waals surface area contributed by atoms with Crippen LogP contribution in [0.3, 0.4) is 0 Å². The van der Waals surface area contributed by atoms with Crippen LogP contribution in [0.5, 0.6) is 0 Å². The predicted octanol–water partition coefficient (Wildman–Crippen LogP) is 5.24. The van der Waals surface area contributed by atoms with Crippen LogP contribution in [-0.2, 0) is 11.0 Å². The standard InChI is InChI=1S/C23H24F3N3O2/c1-6-17(21(30)28-19-12(2)8-7-9-13(19)3)29-18-11-15(5)14(4)10-16(18)27-20(22(29)31)23(24,25)26/h7-11,17H,6H2,1-5H3,(H,28,30)/t17-/m0/s1. The van der Waals surface area contributed by atoms with Gasteiger partial charge in [-0.1, -0.05) is 25.1 Å². The predicted molar refractivity (Wildman–Crippen MR) is 114 cm³/mol. The number of carbonyl (C=O) groups excluding carboxylic acids is 1. The van der Waals surface area contributed by atoms with Crippen molar-refractivity contribution in [1.82, 2.24) is 9.55 Å². The molecule has 0 saturated carbocycles.